The molecule has 2 rings (SSSR count). The van der Waals surface area contributed by atoms with Crippen LogP contribution in [0.2, 0.25) is 0 Å². The molecule has 1 fully saturated rings. The van der Waals surface area contributed by atoms with E-state index in [-0.39, 0.29) is 11.7 Å². The van der Waals surface area contributed by atoms with Crippen LogP contribution in [0, 0.1) is 25.2 Å². The van der Waals surface area contributed by atoms with E-state index in [1.54, 1.807) is 7.11 Å². The van der Waals surface area contributed by atoms with Gasteiger partial charge in [0.15, 0.2) is 0 Å². The third-order valence-corrected chi connectivity index (χ3v) is 6.14. The van der Waals surface area contributed by atoms with Crippen LogP contribution in [-0.2, 0) is 16.1 Å². The molecule has 2 heterocycles. The van der Waals surface area contributed by atoms with Gasteiger partial charge in [-0.05, 0) is 38.7 Å². The van der Waals surface area contributed by atoms with E-state index in [1.807, 2.05) is 18.4 Å². The van der Waals surface area contributed by atoms with Crippen LogP contribution in [0.15, 0.2) is 0 Å². The lowest BCUT2D eigenvalue weighted by Gasteiger charge is -2.17. The first-order chi connectivity index (χ1) is 12.5. The Morgan fingerprint density at radius 2 is 2.08 bits per heavy atom. The molecule has 0 bridgehead atoms. The number of anilines is 1. The summed E-state index contributed by atoms with van der Waals surface area (Å²) in [7, 11) is 1.66. The molecule has 1 aromatic rings. The predicted octanol–water partition coefficient (Wildman–Crippen LogP) is 3.07. The molecule has 0 spiro atoms. The standard InChI is InChI=1S/C18H26N4O2S2/c1-13-14(2)22(9-6-10-24-3)17(15(13)11-19)20-16(23)12-26-18(25)21-7-4-5-8-21/h4-10,12H2,1-3H3,(H,20,23). The molecule has 0 saturated carbocycles. The number of likely N-dealkylation sites (tertiary alicyclic amines) is 1. The van der Waals surface area contributed by atoms with Crippen molar-refractivity contribution in [3.8, 4) is 6.07 Å². The fraction of sp³-hybridized carbons (Fsp3) is 0.611. The highest BCUT2D eigenvalue weighted by Crippen LogP contribution is 2.27. The first-order valence-corrected chi connectivity index (χ1v) is 10.2. The Morgan fingerprint density at radius 3 is 2.69 bits per heavy atom. The zero-order valence-corrected chi connectivity index (χ0v) is 17.3. The highest BCUT2D eigenvalue weighted by atomic mass is 32.2. The summed E-state index contributed by atoms with van der Waals surface area (Å²) >= 11 is 6.79. The highest BCUT2D eigenvalue weighted by Gasteiger charge is 2.20. The summed E-state index contributed by atoms with van der Waals surface area (Å²) in [6, 6.07) is 2.22. The number of thioether (sulfide) groups is 1. The van der Waals surface area contributed by atoms with Crippen LogP contribution in [0.1, 0.15) is 36.1 Å². The molecule has 1 saturated heterocycles. The molecule has 1 aliphatic rings. The molecule has 1 aliphatic heterocycles. The fourth-order valence-electron chi connectivity index (χ4n) is 3.06. The Hall–Kier alpha value is -1.56. The van der Waals surface area contributed by atoms with E-state index in [9.17, 15) is 10.1 Å². The normalized spacial score (nSPS) is 13.7. The number of methoxy groups -OCH3 is 1. The van der Waals surface area contributed by atoms with E-state index in [1.165, 1.54) is 11.8 Å². The van der Waals surface area contributed by atoms with Gasteiger partial charge in [-0.3, -0.25) is 4.79 Å². The third kappa shape index (κ3) is 5.00. The Bertz CT molecular complexity index is 703. The Labute approximate surface area is 164 Å². The molecular formula is C18H26N4O2S2. The fourth-order valence-corrected chi connectivity index (χ4v) is 4.11. The van der Waals surface area contributed by atoms with E-state index in [2.05, 4.69) is 16.3 Å². The molecule has 26 heavy (non-hydrogen) atoms. The van der Waals surface area contributed by atoms with Crippen LogP contribution in [0.5, 0.6) is 0 Å². The topological polar surface area (TPSA) is 70.3 Å². The Balaban J connectivity index is 2.04. The smallest absolute Gasteiger partial charge is 0.235 e. The number of thiocarbonyl (C=S) groups is 1. The molecule has 0 radical (unpaired) electrons. The summed E-state index contributed by atoms with van der Waals surface area (Å²) in [6.07, 6.45) is 3.13. The molecule has 1 N–H and O–H groups in total. The summed E-state index contributed by atoms with van der Waals surface area (Å²) in [4.78, 5) is 14.6. The SMILES string of the molecule is COCCCn1c(C)c(C)c(C#N)c1NC(=O)CSC(=S)N1CCCC1. The first kappa shape index (κ1) is 20.7. The van der Waals surface area contributed by atoms with Crippen LogP contribution in [-0.4, -0.2) is 52.3 Å². The van der Waals surface area contributed by atoms with E-state index in [0.29, 0.717) is 24.5 Å². The number of hydrogen-bond acceptors (Lipinski definition) is 5. The minimum Gasteiger partial charge on any atom is -0.385 e. The van der Waals surface area contributed by atoms with Gasteiger partial charge in [-0.1, -0.05) is 24.0 Å². The van der Waals surface area contributed by atoms with Gasteiger partial charge in [-0.25, -0.2) is 0 Å². The van der Waals surface area contributed by atoms with Crippen molar-refractivity contribution in [3.63, 3.8) is 0 Å². The largest absolute Gasteiger partial charge is 0.385 e. The van der Waals surface area contributed by atoms with Gasteiger partial charge in [0.2, 0.25) is 5.91 Å². The number of nitriles is 1. The van der Waals surface area contributed by atoms with Crippen LogP contribution in [0.4, 0.5) is 5.82 Å². The van der Waals surface area contributed by atoms with Crippen LogP contribution in [0.3, 0.4) is 0 Å². The molecule has 0 aliphatic carbocycles. The van der Waals surface area contributed by atoms with E-state index in [0.717, 1.165) is 47.9 Å². The second-order valence-corrected chi connectivity index (χ2v) is 7.95. The van der Waals surface area contributed by atoms with E-state index < -0.39 is 0 Å². The van der Waals surface area contributed by atoms with Crippen molar-refractivity contribution < 1.29 is 9.53 Å². The first-order valence-electron chi connectivity index (χ1n) is 8.79. The molecular weight excluding hydrogens is 368 g/mol. The quantitative estimate of drug-likeness (QED) is 0.566. The number of nitrogens with one attached hydrogen (secondary N) is 1. The number of hydrogen-bond donors (Lipinski definition) is 1. The number of carbonyl (C=O) groups excluding carboxylic acids is 1. The van der Waals surface area contributed by atoms with Crippen molar-refractivity contribution in [1.82, 2.24) is 9.47 Å². The number of amides is 1. The number of ether oxygens (including phenoxy) is 1. The molecule has 142 valence electrons. The number of carbonyl (C=O) groups is 1. The Morgan fingerprint density at radius 1 is 1.38 bits per heavy atom. The van der Waals surface area contributed by atoms with Gasteiger partial charge in [0.05, 0.1) is 11.3 Å². The maximum absolute atomic E-state index is 12.4. The van der Waals surface area contributed by atoms with Crippen molar-refractivity contribution >= 4 is 40.0 Å². The van der Waals surface area contributed by atoms with E-state index >= 15 is 0 Å². The van der Waals surface area contributed by atoms with Crippen molar-refractivity contribution in [2.24, 2.45) is 0 Å². The van der Waals surface area contributed by atoms with Crippen molar-refractivity contribution in [2.75, 3.05) is 37.9 Å². The summed E-state index contributed by atoms with van der Waals surface area (Å²) < 4.78 is 7.89. The molecule has 6 nitrogen and oxygen atoms in total. The minimum atomic E-state index is -0.140. The number of aromatic nitrogens is 1. The number of nitrogens with zero attached hydrogens (tertiary/aromatic N) is 3. The van der Waals surface area contributed by atoms with Crippen molar-refractivity contribution in [3.05, 3.63) is 16.8 Å². The van der Waals surface area contributed by atoms with E-state index in [4.69, 9.17) is 17.0 Å². The van der Waals surface area contributed by atoms with Gasteiger partial charge in [0, 0.05) is 39.0 Å². The lowest BCUT2D eigenvalue weighted by Crippen LogP contribution is -2.26. The van der Waals surface area contributed by atoms with Gasteiger partial charge in [0.25, 0.3) is 0 Å². The summed E-state index contributed by atoms with van der Waals surface area (Å²) in [5, 5.41) is 12.4. The van der Waals surface area contributed by atoms with Crippen molar-refractivity contribution in [1.29, 1.82) is 5.26 Å². The van der Waals surface area contributed by atoms with Crippen LogP contribution >= 0.6 is 24.0 Å². The van der Waals surface area contributed by atoms with Gasteiger partial charge >= 0.3 is 0 Å². The molecule has 1 aromatic heterocycles. The zero-order chi connectivity index (χ0) is 19.1. The number of rotatable bonds is 7. The summed E-state index contributed by atoms with van der Waals surface area (Å²) in [6.45, 7) is 7.16. The molecule has 1 amide bonds. The van der Waals surface area contributed by atoms with Crippen LogP contribution < -0.4 is 5.32 Å². The molecule has 0 unspecified atom stereocenters. The Kier molecular flexibility index (Phi) is 7.94. The zero-order valence-electron chi connectivity index (χ0n) is 15.6. The monoisotopic (exact) mass is 394 g/mol. The second-order valence-electron chi connectivity index (χ2n) is 6.34. The average molecular weight is 395 g/mol. The van der Waals surface area contributed by atoms with Crippen molar-refractivity contribution in [2.45, 2.75) is 39.7 Å². The average Bonchev–Trinajstić information content (AvgIpc) is 3.23. The molecule has 8 heteroatoms. The highest BCUT2D eigenvalue weighted by molar-refractivity contribution is 8.23. The molecule has 0 aromatic carbocycles. The lowest BCUT2D eigenvalue weighted by molar-refractivity contribution is -0.113. The van der Waals surface area contributed by atoms with Gasteiger partial charge in [0.1, 0.15) is 16.2 Å². The summed E-state index contributed by atoms with van der Waals surface area (Å²) in [5.41, 5.74) is 2.43. The maximum atomic E-state index is 12.4. The second kappa shape index (κ2) is 9.95. The minimum absolute atomic E-state index is 0.140. The van der Waals surface area contributed by atoms with Crippen LogP contribution in [0.25, 0.3) is 0 Å². The lowest BCUT2D eigenvalue weighted by atomic mass is 10.2. The maximum Gasteiger partial charge on any atom is 0.235 e. The van der Waals surface area contributed by atoms with Gasteiger partial charge < -0.3 is 19.5 Å². The molecule has 0 atom stereocenters. The summed E-state index contributed by atoms with van der Waals surface area (Å²) in [5.74, 6) is 0.691. The van der Waals surface area contributed by atoms with Gasteiger partial charge in [-0.15, -0.1) is 0 Å². The van der Waals surface area contributed by atoms with Gasteiger partial charge in [-0.2, -0.15) is 5.26 Å². The third-order valence-electron chi connectivity index (χ3n) is 4.62. The predicted molar refractivity (Wildman–Crippen MR) is 110 cm³/mol.